The minimum absolute atomic E-state index is 0.134. The van der Waals surface area contributed by atoms with E-state index in [0.717, 1.165) is 17.7 Å². The number of benzene rings is 2. The van der Waals surface area contributed by atoms with Crippen molar-refractivity contribution in [3.8, 4) is 17.2 Å². The number of fused-ring (bicyclic) bond motifs is 1. The van der Waals surface area contributed by atoms with Gasteiger partial charge in [-0.05, 0) is 43.2 Å². The monoisotopic (exact) mass is 520 g/mol. The average Bonchev–Trinajstić information content (AvgIpc) is 2.91. The minimum Gasteiger partial charge on any atom is -0.495 e. The van der Waals surface area contributed by atoms with E-state index in [-0.39, 0.29) is 4.90 Å². The van der Waals surface area contributed by atoms with Gasteiger partial charge in [-0.2, -0.15) is 0 Å². The van der Waals surface area contributed by atoms with Crippen LogP contribution in [0, 0.1) is 0 Å². The third-order valence-corrected chi connectivity index (χ3v) is 8.29. The number of ether oxygens (including phenoxy) is 3. The molecule has 36 heavy (non-hydrogen) atoms. The Bertz CT molecular complexity index is 952. The zero-order valence-corrected chi connectivity index (χ0v) is 24.3. The highest BCUT2D eigenvalue weighted by atomic mass is 32.2. The van der Waals surface area contributed by atoms with Crippen LogP contribution in [0.25, 0.3) is 0 Å². The lowest BCUT2D eigenvalue weighted by Gasteiger charge is -2.32. The quantitative estimate of drug-likeness (QED) is 0.278. The van der Waals surface area contributed by atoms with Gasteiger partial charge in [-0.25, -0.2) is 8.42 Å². The number of hydrogen-bond donors (Lipinski definition) is 0. The van der Waals surface area contributed by atoms with E-state index in [1.807, 2.05) is 38.1 Å². The van der Waals surface area contributed by atoms with E-state index in [4.69, 9.17) is 14.2 Å². The predicted octanol–water partition coefficient (Wildman–Crippen LogP) is 8.56. The molecule has 0 spiro atoms. The second kappa shape index (κ2) is 17.3. The Balaban J connectivity index is 0.000000982. The largest absolute Gasteiger partial charge is 0.495 e. The molecule has 0 aliphatic carbocycles. The van der Waals surface area contributed by atoms with Gasteiger partial charge in [0.15, 0.2) is 14.7 Å². The SMILES string of the molecule is CC.CCCC.CCCCCCCCOc1ccc([C@@H]2Oc3cccc(OC)c3S(=O)(=O)[C@H]2C)cc1. The Kier molecular flexibility index (Phi) is 15.3. The molecule has 6 heteroatoms. The maximum atomic E-state index is 13.1. The fourth-order valence-electron chi connectivity index (χ4n) is 3.78. The van der Waals surface area contributed by atoms with Gasteiger partial charge in [-0.3, -0.25) is 0 Å². The summed E-state index contributed by atoms with van der Waals surface area (Å²) in [6.45, 7) is 13.0. The lowest BCUT2D eigenvalue weighted by molar-refractivity contribution is 0.186. The van der Waals surface area contributed by atoms with Gasteiger partial charge in [-0.1, -0.05) is 97.8 Å². The van der Waals surface area contributed by atoms with Crippen molar-refractivity contribution in [3.63, 3.8) is 0 Å². The highest BCUT2D eigenvalue weighted by Crippen LogP contribution is 2.45. The van der Waals surface area contributed by atoms with Crippen molar-refractivity contribution < 1.29 is 22.6 Å². The minimum atomic E-state index is -3.58. The van der Waals surface area contributed by atoms with Crippen molar-refractivity contribution in [2.45, 2.75) is 109 Å². The van der Waals surface area contributed by atoms with Crippen molar-refractivity contribution >= 4 is 9.84 Å². The molecule has 2 atom stereocenters. The number of methoxy groups -OCH3 is 1. The van der Waals surface area contributed by atoms with Crippen LogP contribution in [0.3, 0.4) is 0 Å². The third-order valence-electron chi connectivity index (χ3n) is 6.09. The van der Waals surface area contributed by atoms with Gasteiger partial charge in [0, 0.05) is 0 Å². The zero-order chi connectivity index (χ0) is 27.0. The molecule has 0 radical (unpaired) electrons. The molecule has 2 aromatic rings. The van der Waals surface area contributed by atoms with Gasteiger partial charge in [-0.15, -0.1) is 0 Å². The Labute approximate surface area is 220 Å². The van der Waals surface area contributed by atoms with Crippen molar-refractivity contribution in [2.75, 3.05) is 13.7 Å². The van der Waals surface area contributed by atoms with E-state index in [2.05, 4.69) is 20.8 Å². The van der Waals surface area contributed by atoms with Crippen molar-refractivity contribution in [1.29, 1.82) is 0 Å². The number of hydrogen-bond acceptors (Lipinski definition) is 5. The lowest BCUT2D eigenvalue weighted by Crippen LogP contribution is -2.34. The molecule has 0 fully saturated rings. The molecule has 1 aliphatic rings. The van der Waals surface area contributed by atoms with E-state index in [1.54, 1.807) is 25.1 Å². The topological polar surface area (TPSA) is 61.8 Å². The molecular formula is C30H48O5S. The fraction of sp³-hybridized carbons (Fsp3) is 0.600. The van der Waals surface area contributed by atoms with E-state index >= 15 is 0 Å². The van der Waals surface area contributed by atoms with Gasteiger partial charge in [0.05, 0.1) is 13.7 Å². The second-order valence-electron chi connectivity index (χ2n) is 8.76. The van der Waals surface area contributed by atoms with Crippen LogP contribution in [-0.4, -0.2) is 27.4 Å². The highest BCUT2D eigenvalue weighted by molar-refractivity contribution is 7.92. The molecule has 0 aromatic heterocycles. The van der Waals surface area contributed by atoms with Crippen molar-refractivity contribution in [1.82, 2.24) is 0 Å². The van der Waals surface area contributed by atoms with Gasteiger partial charge in [0.25, 0.3) is 0 Å². The van der Waals surface area contributed by atoms with Crippen LogP contribution in [0.4, 0.5) is 0 Å². The first-order chi connectivity index (χ1) is 17.4. The summed E-state index contributed by atoms with van der Waals surface area (Å²) in [6, 6.07) is 12.6. The van der Waals surface area contributed by atoms with Crippen LogP contribution in [0.5, 0.6) is 17.2 Å². The molecule has 0 unspecified atom stereocenters. The summed E-state index contributed by atoms with van der Waals surface area (Å²) in [5.41, 5.74) is 0.812. The molecule has 1 aliphatic heterocycles. The highest BCUT2D eigenvalue weighted by Gasteiger charge is 2.42. The van der Waals surface area contributed by atoms with Crippen LogP contribution in [0.15, 0.2) is 47.4 Å². The Morgan fingerprint density at radius 3 is 2.03 bits per heavy atom. The molecule has 0 bridgehead atoms. The molecule has 0 saturated carbocycles. The summed E-state index contributed by atoms with van der Waals surface area (Å²) < 4.78 is 43.4. The van der Waals surface area contributed by atoms with Gasteiger partial charge in [0.2, 0.25) is 0 Å². The molecule has 2 aromatic carbocycles. The average molecular weight is 521 g/mol. The summed E-state index contributed by atoms with van der Waals surface area (Å²) in [7, 11) is -2.12. The van der Waals surface area contributed by atoms with Crippen LogP contribution in [0.1, 0.15) is 105 Å². The van der Waals surface area contributed by atoms with Crippen molar-refractivity contribution in [2.24, 2.45) is 0 Å². The molecule has 5 nitrogen and oxygen atoms in total. The summed E-state index contributed by atoms with van der Waals surface area (Å²) in [5, 5.41) is -0.726. The smallest absolute Gasteiger partial charge is 0.192 e. The van der Waals surface area contributed by atoms with Crippen LogP contribution in [0.2, 0.25) is 0 Å². The van der Waals surface area contributed by atoms with E-state index in [1.165, 1.54) is 52.1 Å². The maximum Gasteiger partial charge on any atom is 0.192 e. The van der Waals surface area contributed by atoms with Gasteiger partial charge in [0.1, 0.15) is 28.6 Å². The maximum absolute atomic E-state index is 13.1. The number of unbranched alkanes of at least 4 members (excludes halogenated alkanes) is 6. The van der Waals surface area contributed by atoms with Gasteiger partial charge < -0.3 is 14.2 Å². The Morgan fingerprint density at radius 1 is 0.833 bits per heavy atom. The van der Waals surface area contributed by atoms with E-state index < -0.39 is 21.2 Å². The normalized spacial score (nSPS) is 17.3. The Morgan fingerprint density at radius 2 is 1.44 bits per heavy atom. The lowest BCUT2D eigenvalue weighted by atomic mass is 10.1. The first kappa shape index (κ1) is 31.8. The molecule has 1 heterocycles. The fourth-order valence-corrected chi connectivity index (χ4v) is 5.51. The summed E-state index contributed by atoms with van der Waals surface area (Å²) in [6.07, 6.45) is 9.40. The predicted molar refractivity (Wildman–Crippen MR) is 150 cm³/mol. The summed E-state index contributed by atoms with van der Waals surface area (Å²) in [4.78, 5) is 0.134. The molecular weight excluding hydrogens is 472 g/mol. The molecule has 204 valence electrons. The number of rotatable bonds is 11. The molecule has 0 N–H and O–H groups in total. The standard InChI is InChI=1S/C24H32O5S.C4H10.C2H6/c1-4-5-6-7-8-9-17-28-20-15-13-19(14-16-20)23-18(2)30(25,26)24-21(27-3)11-10-12-22(24)29-23;1-3-4-2;1-2/h10-16,18,23H,4-9,17H2,1-3H3;3-4H2,1-2H3;1-2H3/t18-,23+;;/m0../s1. The Hall–Kier alpha value is -2.21. The first-order valence-corrected chi connectivity index (χ1v) is 15.3. The summed E-state index contributed by atoms with van der Waals surface area (Å²) in [5.74, 6) is 1.44. The van der Waals surface area contributed by atoms with Gasteiger partial charge >= 0.3 is 0 Å². The first-order valence-electron chi connectivity index (χ1n) is 13.7. The molecule has 0 amide bonds. The third kappa shape index (κ3) is 9.02. The second-order valence-corrected chi connectivity index (χ2v) is 11.0. The zero-order valence-electron chi connectivity index (χ0n) is 23.5. The van der Waals surface area contributed by atoms with Crippen LogP contribution in [-0.2, 0) is 9.84 Å². The van der Waals surface area contributed by atoms with Crippen LogP contribution < -0.4 is 14.2 Å². The van der Waals surface area contributed by atoms with E-state index in [9.17, 15) is 8.42 Å². The van der Waals surface area contributed by atoms with Crippen LogP contribution >= 0.6 is 0 Å². The van der Waals surface area contributed by atoms with Crippen molar-refractivity contribution in [3.05, 3.63) is 48.0 Å². The van der Waals surface area contributed by atoms with E-state index in [0.29, 0.717) is 18.1 Å². The molecule has 0 saturated heterocycles. The number of sulfone groups is 1. The molecule has 3 rings (SSSR count). The summed E-state index contributed by atoms with van der Waals surface area (Å²) >= 11 is 0.